The molecule has 7 nitrogen and oxygen atoms in total. The zero-order valence-corrected chi connectivity index (χ0v) is 16.5. The zero-order valence-electron chi connectivity index (χ0n) is 15.7. The molecule has 30 heavy (non-hydrogen) atoms. The highest BCUT2D eigenvalue weighted by molar-refractivity contribution is 6.34. The van der Waals surface area contributed by atoms with Gasteiger partial charge in [-0.2, -0.15) is 0 Å². The summed E-state index contributed by atoms with van der Waals surface area (Å²) >= 11 is 6.37. The maximum absolute atomic E-state index is 13.1. The predicted molar refractivity (Wildman–Crippen MR) is 108 cm³/mol. The lowest BCUT2D eigenvalue weighted by Gasteiger charge is -2.24. The lowest BCUT2D eigenvalue weighted by Crippen LogP contribution is -2.34. The van der Waals surface area contributed by atoms with E-state index >= 15 is 0 Å². The molecule has 0 bridgehead atoms. The number of hydrogen-bond donors (Lipinski definition) is 0. The van der Waals surface area contributed by atoms with Crippen LogP contribution in [-0.4, -0.2) is 39.8 Å². The Morgan fingerprint density at radius 1 is 1.13 bits per heavy atom. The van der Waals surface area contributed by atoms with E-state index in [1.807, 2.05) is 12.1 Å². The number of halogens is 1. The minimum atomic E-state index is -0.788. The highest BCUT2D eigenvalue weighted by Gasteiger charge is 2.51. The Bertz CT molecular complexity index is 1150. The number of rotatable bonds is 3. The number of hydrogen-bond acceptors (Lipinski definition) is 6. The van der Waals surface area contributed by atoms with Crippen molar-refractivity contribution in [1.82, 2.24) is 14.9 Å². The highest BCUT2D eigenvalue weighted by Crippen LogP contribution is 2.43. The Morgan fingerprint density at radius 2 is 1.93 bits per heavy atom. The van der Waals surface area contributed by atoms with Crippen LogP contribution in [0.4, 0.5) is 0 Å². The van der Waals surface area contributed by atoms with Crippen molar-refractivity contribution in [2.45, 2.75) is 12.0 Å². The van der Waals surface area contributed by atoms with E-state index in [0.717, 1.165) is 5.56 Å². The number of fused-ring (bicyclic) bond motifs is 2. The molecule has 0 N–H and O–H groups in total. The number of nitrogens with zero attached hydrogens (tertiary/aromatic N) is 3. The summed E-state index contributed by atoms with van der Waals surface area (Å²) in [4.78, 5) is 35.0. The van der Waals surface area contributed by atoms with E-state index < -0.39 is 5.60 Å². The summed E-state index contributed by atoms with van der Waals surface area (Å²) in [6.07, 6.45) is 3.68. The average Bonchev–Trinajstić information content (AvgIpc) is 3.30. The summed E-state index contributed by atoms with van der Waals surface area (Å²) in [5.41, 5.74) is 0.967. The summed E-state index contributed by atoms with van der Waals surface area (Å²) in [6, 6.07) is 14.0. The predicted octanol–water partition coefficient (Wildman–Crippen LogP) is 3.83. The number of ether oxygens (including phenoxy) is 2. The van der Waals surface area contributed by atoms with Crippen molar-refractivity contribution in [3.63, 3.8) is 0 Å². The van der Waals surface area contributed by atoms with E-state index in [4.69, 9.17) is 21.1 Å². The lowest BCUT2D eigenvalue weighted by atomic mass is 9.91. The Morgan fingerprint density at radius 3 is 2.73 bits per heavy atom. The molecule has 0 unspecified atom stereocenters. The van der Waals surface area contributed by atoms with Crippen molar-refractivity contribution in [2.75, 3.05) is 13.1 Å². The first-order chi connectivity index (χ1) is 14.6. The second-order valence-electron chi connectivity index (χ2n) is 7.18. The summed E-state index contributed by atoms with van der Waals surface area (Å²) < 4.78 is 11.3. The van der Waals surface area contributed by atoms with Crippen molar-refractivity contribution >= 4 is 23.5 Å². The van der Waals surface area contributed by atoms with Crippen LogP contribution in [0.25, 0.3) is 0 Å². The van der Waals surface area contributed by atoms with E-state index in [2.05, 4.69) is 9.97 Å². The van der Waals surface area contributed by atoms with Crippen LogP contribution in [0.3, 0.4) is 0 Å². The Balaban J connectivity index is 1.35. The van der Waals surface area contributed by atoms with Crippen LogP contribution in [0.15, 0.2) is 60.9 Å². The van der Waals surface area contributed by atoms with Gasteiger partial charge in [0, 0.05) is 37.0 Å². The SMILES string of the molecule is O=C1O[C@]2(CCN(C(=O)c3ccc(Oc4ncccn4)cc3Cl)C2)c2ccccc21. The largest absolute Gasteiger partial charge is 0.449 e. The standard InChI is InChI=1S/C22H16ClN3O4/c23-18-12-14(29-21-24-9-3-10-25-21)6-7-16(18)19(27)26-11-8-22(13-26)17-5-2-1-4-15(17)20(28)30-22/h1-7,9-10,12H,8,11,13H2/t22-/m0/s1. The van der Waals surface area contributed by atoms with Gasteiger partial charge in [0.25, 0.3) is 5.91 Å². The first-order valence-electron chi connectivity index (χ1n) is 9.42. The Labute approximate surface area is 177 Å². The minimum absolute atomic E-state index is 0.191. The van der Waals surface area contributed by atoms with Gasteiger partial charge >= 0.3 is 12.0 Å². The van der Waals surface area contributed by atoms with E-state index in [0.29, 0.717) is 36.4 Å². The minimum Gasteiger partial charge on any atom is -0.449 e. The number of esters is 1. The number of carbonyl (C=O) groups is 2. The molecule has 3 heterocycles. The number of benzene rings is 2. The molecule has 1 amide bonds. The van der Waals surface area contributed by atoms with Gasteiger partial charge in [-0.3, -0.25) is 4.79 Å². The van der Waals surface area contributed by atoms with E-state index in [9.17, 15) is 9.59 Å². The zero-order chi connectivity index (χ0) is 20.7. The number of aromatic nitrogens is 2. The van der Waals surface area contributed by atoms with Crippen molar-refractivity contribution in [3.05, 3.63) is 82.6 Å². The molecule has 5 rings (SSSR count). The van der Waals surface area contributed by atoms with Crippen molar-refractivity contribution in [2.24, 2.45) is 0 Å². The maximum Gasteiger partial charge on any atom is 0.339 e. The monoisotopic (exact) mass is 421 g/mol. The third-order valence-electron chi connectivity index (χ3n) is 5.37. The molecule has 8 heteroatoms. The summed E-state index contributed by atoms with van der Waals surface area (Å²) in [5.74, 6) is -0.137. The molecule has 1 atom stereocenters. The van der Waals surface area contributed by atoms with Gasteiger partial charge in [0.2, 0.25) is 0 Å². The van der Waals surface area contributed by atoms with Crippen LogP contribution in [0, 0.1) is 0 Å². The molecule has 0 radical (unpaired) electrons. The fourth-order valence-corrected chi connectivity index (χ4v) is 4.20. The first-order valence-corrected chi connectivity index (χ1v) is 9.80. The van der Waals surface area contributed by atoms with Gasteiger partial charge in [-0.15, -0.1) is 0 Å². The smallest absolute Gasteiger partial charge is 0.339 e. The van der Waals surface area contributed by atoms with Gasteiger partial charge in [0.05, 0.1) is 22.7 Å². The van der Waals surface area contributed by atoms with Crippen LogP contribution in [0.2, 0.25) is 5.02 Å². The number of carbonyl (C=O) groups excluding carboxylic acids is 2. The fraction of sp³-hybridized carbons (Fsp3) is 0.182. The van der Waals surface area contributed by atoms with Gasteiger partial charge in [0.15, 0.2) is 5.60 Å². The Kier molecular flexibility index (Phi) is 4.40. The van der Waals surface area contributed by atoms with Crippen molar-refractivity contribution in [3.8, 4) is 11.8 Å². The molecule has 3 aromatic rings. The fourth-order valence-electron chi connectivity index (χ4n) is 3.95. The topological polar surface area (TPSA) is 81.6 Å². The third-order valence-corrected chi connectivity index (χ3v) is 5.68. The summed E-state index contributed by atoms with van der Waals surface area (Å²) in [7, 11) is 0. The van der Waals surface area contributed by atoms with Crippen LogP contribution in [-0.2, 0) is 10.3 Å². The average molecular weight is 422 g/mol. The van der Waals surface area contributed by atoms with Crippen molar-refractivity contribution in [1.29, 1.82) is 0 Å². The normalized spacial score (nSPS) is 19.6. The van der Waals surface area contributed by atoms with Gasteiger partial charge in [-0.25, -0.2) is 14.8 Å². The molecule has 150 valence electrons. The first kappa shape index (κ1) is 18.6. The molecule has 1 fully saturated rings. The van der Waals surface area contributed by atoms with Crippen LogP contribution >= 0.6 is 11.6 Å². The third kappa shape index (κ3) is 3.07. The molecule has 2 aliphatic heterocycles. The highest BCUT2D eigenvalue weighted by atomic mass is 35.5. The molecular weight excluding hydrogens is 406 g/mol. The number of likely N-dealkylation sites (tertiary alicyclic amines) is 1. The molecular formula is C22H16ClN3O4. The molecule has 2 aliphatic rings. The van der Waals surface area contributed by atoms with Crippen molar-refractivity contribution < 1.29 is 19.1 Å². The molecule has 0 aliphatic carbocycles. The van der Waals surface area contributed by atoms with E-state index in [-0.39, 0.29) is 22.9 Å². The maximum atomic E-state index is 13.1. The van der Waals surface area contributed by atoms with Crippen LogP contribution in [0.5, 0.6) is 11.8 Å². The second-order valence-corrected chi connectivity index (χ2v) is 7.59. The number of amides is 1. The van der Waals surface area contributed by atoms with Gasteiger partial charge in [0.1, 0.15) is 5.75 Å². The molecule has 2 aromatic carbocycles. The Hall–Kier alpha value is -3.45. The molecule has 1 aromatic heterocycles. The van der Waals surface area contributed by atoms with Gasteiger partial charge in [-0.1, -0.05) is 29.8 Å². The lowest BCUT2D eigenvalue weighted by molar-refractivity contribution is -0.00306. The molecule has 1 spiro atoms. The van der Waals surface area contributed by atoms with Gasteiger partial charge in [-0.05, 0) is 24.3 Å². The van der Waals surface area contributed by atoms with E-state index in [1.54, 1.807) is 53.7 Å². The summed E-state index contributed by atoms with van der Waals surface area (Å²) in [5, 5.41) is 0.262. The summed E-state index contributed by atoms with van der Waals surface area (Å²) in [6.45, 7) is 0.758. The second kappa shape index (κ2) is 7.11. The van der Waals surface area contributed by atoms with E-state index in [1.165, 1.54) is 0 Å². The quantitative estimate of drug-likeness (QED) is 0.598. The molecule has 1 saturated heterocycles. The van der Waals surface area contributed by atoms with Crippen LogP contribution in [0.1, 0.15) is 32.7 Å². The van der Waals surface area contributed by atoms with Crippen LogP contribution < -0.4 is 4.74 Å². The molecule has 0 saturated carbocycles. The van der Waals surface area contributed by atoms with Gasteiger partial charge < -0.3 is 14.4 Å².